The third-order valence-electron chi connectivity index (χ3n) is 3.65. The van der Waals surface area contributed by atoms with E-state index in [1.807, 2.05) is 24.3 Å². The minimum Gasteiger partial charge on any atom is -0.388 e. The quantitative estimate of drug-likeness (QED) is 0.902. The Kier molecular flexibility index (Phi) is 5.82. The molecule has 1 saturated heterocycles. The third-order valence-corrected chi connectivity index (χ3v) is 4.18. The van der Waals surface area contributed by atoms with Crippen LogP contribution >= 0.6 is 15.9 Å². The molecule has 1 aliphatic rings. The molecule has 1 heterocycles. The van der Waals surface area contributed by atoms with E-state index >= 15 is 0 Å². The molecule has 106 valence electrons. The van der Waals surface area contributed by atoms with E-state index in [1.165, 1.54) is 0 Å². The van der Waals surface area contributed by atoms with Gasteiger partial charge in [-0.25, -0.2) is 0 Å². The molecule has 1 N–H and O–H groups in total. The minimum atomic E-state index is -0.379. The maximum atomic E-state index is 10.2. The van der Waals surface area contributed by atoms with Crippen molar-refractivity contribution >= 4 is 15.9 Å². The molecule has 4 heteroatoms. The summed E-state index contributed by atoms with van der Waals surface area (Å²) in [5.74, 6) is 0. The normalized spacial score (nSPS) is 22.4. The summed E-state index contributed by atoms with van der Waals surface area (Å²) >= 11 is 3.41. The van der Waals surface area contributed by atoms with Crippen LogP contribution < -0.4 is 0 Å². The van der Waals surface area contributed by atoms with Crippen molar-refractivity contribution in [1.29, 1.82) is 0 Å². The van der Waals surface area contributed by atoms with E-state index in [2.05, 4.69) is 27.8 Å². The summed E-state index contributed by atoms with van der Waals surface area (Å²) in [4.78, 5) is 2.39. The van der Waals surface area contributed by atoms with Gasteiger partial charge in [0.15, 0.2) is 0 Å². The van der Waals surface area contributed by atoms with Crippen LogP contribution in [0, 0.1) is 0 Å². The summed E-state index contributed by atoms with van der Waals surface area (Å²) in [6.07, 6.45) is 1.82. The zero-order valence-corrected chi connectivity index (χ0v) is 13.0. The first-order chi connectivity index (χ1) is 9.19. The fourth-order valence-electron chi connectivity index (χ4n) is 2.39. The Morgan fingerprint density at radius 2 is 2.16 bits per heavy atom. The van der Waals surface area contributed by atoms with Crippen molar-refractivity contribution in [1.82, 2.24) is 4.90 Å². The third kappa shape index (κ3) is 4.56. The molecule has 19 heavy (non-hydrogen) atoms. The summed E-state index contributed by atoms with van der Waals surface area (Å²) in [6.45, 7) is 5.86. The summed E-state index contributed by atoms with van der Waals surface area (Å²) in [5, 5.41) is 10.2. The highest BCUT2D eigenvalue weighted by Crippen LogP contribution is 2.20. The average Bonchev–Trinajstić information content (AvgIpc) is 2.46. The molecule has 0 bridgehead atoms. The van der Waals surface area contributed by atoms with Gasteiger partial charge in [-0.3, -0.25) is 4.90 Å². The second-order valence-corrected chi connectivity index (χ2v) is 5.97. The monoisotopic (exact) mass is 327 g/mol. The zero-order chi connectivity index (χ0) is 13.7. The highest BCUT2D eigenvalue weighted by Gasteiger charge is 2.19. The van der Waals surface area contributed by atoms with Gasteiger partial charge in [-0.15, -0.1) is 0 Å². The molecule has 0 aliphatic carbocycles. The second kappa shape index (κ2) is 7.39. The Hall–Kier alpha value is -0.420. The van der Waals surface area contributed by atoms with E-state index in [0.717, 1.165) is 49.1 Å². The van der Waals surface area contributed by atoms with Gasteiger partial charge in [-0.2, -0.15) is 0 Å². The van der Waals surface area contributed by atoms with Gasteiger partial charge in [-0.05, 0) is 30.5 Å². The Labute approximate surface area is 123 Å². The van der Waals surface area contributed by atoms with Gasteiger partial charge in [0.25, 0.3) is 0 Å². The lowest BCUT2D eigenvalue weighted by molar-refractivity contribution is -0.0330. The number of benzene rings is 1. The van der Waals surface area contributed by atoms with Crippen LogP contribution in [-0.4, -0.2) is 42.4 Å². The molecule has 0 amide bonds. The smallest absolute Gasteiger partial charge is 0.0802 e. The van der Waals surface area contributed by atoms with Gasteiger partial charge in [0.05, 0.1) is 18.8 Å². The molecular weight excluding hydrogens is 306 g/mol. The van der Waals surface area contributed by atoms with Crippen molar-refractivity contribution in [2.45, 2.75) is 32.0 Å². The topological polar surface area (TPSA) is 32.7 Å². The van der Waals surface area contributed by atoms with Crippen LogP contribution in [0.3, 0.4) is 0 Å². The number of rotatable bonds is 5. The van der Waals surface area contributed by atoms with Crippen LogP contribution in [0.4, 0.5) is 0 Å². The standard InChI is InChI=1S/C15H22BrNO2/c1-2-14-11-17(9-10-19-14)8-7-15(18)12-3-5-13(16)6-4-12/h3-6,14-15,18H,2,7-11H2,1H3. The molecule has 3 nitrogen and oxygen atoms in total. The predicted octanol–water partition coefficient (Wildman–Crippen LogP) is 2.98. The van der Waals surface area contributed by atoms with Crippen molar-refractivity contribution in [3.63, 3.8) is 0 Å². The summed E-state index contributed by atoms with van der Waals surface area (Å²) in [7, 11) is 0. The van der Waals surface area contributed by atoms with Crippen LogP contribution in [0.25, 0.3) is 0 Å². The highest BCUT2D eigenvalue weighted by atomic mass is 79.9. The summed E-state index contributed by atoms with van der Waals surface area (Å²) in [5.41, 5.74) is 0.989. The zero-order valence-electron chi connectivity index (χ0n) is 11.4. The lowest BCUT2D eigenvalue weighted by atomic mass is 10.1. The van der Waals surface area contributed by atoms with Gasteiger partial charge >= 0.3 is 0 Å². The number of hydrogen-bond donors (Lipinski definition) is 1. The maximum absolute atomic E-state index is 10.2. The minimum absolute atomic E-state index is 0.360. The Bertz CT molecular complexity index is 382. The van der Waals surface area contributed by atoms with Crippen molar-refractivity contribution in [2.75, 3.05) is 26.2 Å². The first kappa shape index (κ1) is 15.0. The van der Waals surface area contributed by atoms with E-state index in [0.29, 0.717) is 6.10 Å². The summed E-state index contributed by atoms with van der Waals surface area (Å²) in [6, 6.07) is 7.90. The van der Waals surface area contributed by atoms with E-state index in [1.54, 1.807) is 0 Å². The van der Waals surface area contributed by atoms with Crippen molar-refractivity contribution < 1.29 is 9.84 Å². The molecule has 0 aromatic heterocycles. The number of hydrogen-bond acceptors (Lipinski definition) is 3. The number of ether oxygens (including phenoxy) is 1. The first-order valence-corrected chi connectivity index (χ1v) is 7.76. The molecule has 2 rings (SSSR count). The van der Waals surface area contributed by atoms with Crippen molar-refractivity contribution in [2.24, 2.45) is 0 Å². The molecule has 1 aliphatic heterocycles. The molecule has 2 unspecified atom stereocenters. The fraction of sp³-hybridized carbons (Fsp3) is 0.600. The maximum Gasteiger partial charge on any atom is 0.0802 e. The van der Waals surface area contributed by atoms with Crippen LogP contribution in [0.15, 0.2) is 28.7 Å². The number of aliphatic hydroxyl groups is 1. The highest BCUT2D eigenvalue weighted by molar-refractivity contribution is 9.10. The SMILES string of the molecule is CCC1CN(CCC(O)c2ccc(Br)cc2)CCO1. The van der Waals surface area contributed by atoms with Crippen LogP contribution in [0.1, 0.15) is 31.4 Å². The van der Waals surface area contributed by atoms with Gasteiger partial charge in [0.2, 0.25) is 0 Å². The van der Waals surface area contributed by atoms with E-state index in [9.17, 15) is 5.11 Å². The summed E-state index contributed by atoms with van der Waals surface area (Å²) < 4.78 is 6.70. The molecule has 1 aromatic rings. The number of halogens is 1. The molecule has 0 saturated carbocycles. The fourth-order valence-corrected chi connectivity index (χ4v) is 2.65. The lowest BCUT2D eigenvalue weighted by Gasteiger charge is -2.32. The molecule has 2 atom stereocenters. The average molecular weight is 328 g/mol. The molecule has 0 radical (unpaired) electrons. The predicted molar refractivity (Wildman–Crippen MR) is 80.2 cm³/mol. The molecule has 1 fully saturated rings. The lowest BCUT2D eigenvalue weighted by Crippen LogP contribution is -2.42. The van der Waals surface area contributed by atoms with E-state index in [-0.39, 0.29) is 6.10 Å². The largest absolute Gasteiger partial charge is 0.388 e. The Morgan fingerprint density at radius 3 is 2.84 bits per heavy atom. The van der Waals surface area contributed by atoms with Crippen LogP contribution in [0.5, 0.6) is 0 Å². The van der Waals surface area contributed by atoms with Crippen molar-refractivity contribution in [3.05, 3.63) is 34.3 Å². The Balaban J connectivity index is 1.79. The number of morpholine rings is 1. The van der Waals surface area contributed by atoms with Gasteiger partial charge in [0, 0.05) is 24.1 Å². The molecular formula is C15H22BrNO2. The van der Waals surface area contributed by atoms with E-state index < -0.39 is 0 Å². The second-order valence-electron chi connectivity index (χ2n) is 5.06. The van der Waals surface area contributed by atoms with Gasteiger partial charge in [-0.1, -0.05) is 35.0 Å². The first-order valence-electron chi connectivity index (χ1n) is 6.96. The van der Waals surface area contributed by atoms with Crippen molar-refractivity contribution in [3.8, 4) is 0 Å². The van der Waals surface area contributed by atoms with Gasteiger partial charge in [0.1, 0.15) is 0 Å². The molecule has 0 spiro atoms. The number of aliphatic hydroxyl groups excluding tert-OH is 1. The van der Waals surface area contributed by atoms with Gasteiger partial charge < -0.3 is 9.84 Å². The van der Waals surface area contributed by atoms with Crippen LogP contribution in [0.2, 0.25) is 0 Å². The molecule has 1 aromatic carbocycles. The Morgan fingerprint density at radius 1 is 1.42 bits per heavy atom. The van der Waals surface area contributed by atoms with E-state index in [4.69, 9.17) is 4.74 Å². The number of nitrogens with zero attached hydrogens (tertiary/aromatic N) is 1. The van der Waals surface area contributed by atoms with Crippen LogP contribution in [-0.2, 0) is 4.74 Å².